The second-order valence-electron chi connectivity index (χ2n) is 4.07. The van der Waals surface area contributed by atoms with Crippen LogP contribution in [-0.2, 0) is 9.84 Å². The predicted molar refractivity (Wildman–Crippen MR) is 67.9 cm³/mol. The Balaban J connectivity index is 2.50. The molecule has 1 aromatic rings. The van der Waals surface area contributed by atoms with Crippen LogP contribution in [-0.4, -0.2) is 26.9 Å². The summed E-state index contributed by atoms with van der Waals surface area (Å²) in [5.74, 6) is 0.0192. The molecule has 7 heteroatoms. The molecule has 3 nitrogen and oxygen atoms in total. The zero-order chi connectivity index (χ0) is 14.5. The highest BCUT2D eigenvalue weighted by molar-refractivity contribution is 7.91. The molecule has 0 aliphatic carbocycles. The van der Waals surface area contributed by atoms with Crippen molar-refractivity contribution in [2.75, 3.05) is 17.6 Å². The largest absolute Gasteiger partial charge is 0.389 e. The average Bonchev–Trinajstić information content (AvgIpc) is 2.34. The lowest BCUT2D eigenvalue weighted by Crippen LogP contribution is -2.11. The Bertz CT molecular complexity index is 495. The van der Waals surface area contributed by atoms with Gasteiger partial charge in [0, 0.05) is 18.7 Å². The fourth-order valence-electron chi connectivity index (χ4n) is 1.47. The molecular weight excluding hydrogens is 279 g/mol. The minimum Gasteiger partial charge on any atom is -0.385 e. The van der Waals surface area contributed by atoms with E-state index in [0.717, 1.165) is 0 Å². The first-order valence-electron chi connectivity index (χ1n) is 5.88. The molecule has 1 aromatic carbocycles. The van der Waals surface area contributed by atoms with Gasteiger partial charge in [-0.15, -0.1) is 0 Å². The maximum absolute atomic E-state index is 11.9. The molecule has 0 unspecified atom stereocenters. The summed E-state index contributed by atoms with van der Waals surface area (Å²) in [5.41, 5.74) is 0.609. The molecule has 108 valence electrons. The van der Waals surface area contributed by atoms with Crippen LogP contribution in [0.5, 0.6) is 0 Å². The molecule has 0 amide bonds. The van der Waals surface area contributed by atoms with Crippen molar-refractivity contribution in [1.82, 2.24) is 0 Å². The quantitative estimate of drug-likeness (QED) is 0.820. The minimum atomic E-state index is -4.14. The zero-order valence-electron chi connectivity index (χ0n) is 10.5. The molecule has 0 spiro atoms. The van der Waals surface area contributed by atoms with Crippen LogP contribution in [0.15, 0.2) is 29.2 Å². The van der Waals surface area contributed by atoms with E-state index in [-0.39, 0.29) is 23.6 Å². The second kappa shape index (κ2) is 6.27. The number of alkyl halides is 3. The summed E-state index contributed by atoms with van der Waals surface area (Å²) in [6.07, 6.45) is -4.98. The van der Waals surface area contributed by atoms with Gasteiger partial charge in [0.05, 0.1) is 10.6 Å². The second-order valence-corrected chi connectivity index (χ2v) is 6.35. The number of hydrogen-bond acceptors (Lipinski definition) is 3. The Labute approximate surface area is 110 Å². The maximum Gasteiger partial charge on any atom is 0.389 e. The van der Waals surface area contributed by atoms with Gasteiger partial charge in [-0.1, -0.05) is 6.92 Å². The third-order valence-corrected chi connectivity index (χ3v) is 4.31. The topological polar surface area (TPSA) is 46.2 Å². The lowest BCUT2D eigenvalue weighted by Gasteiger charge is -2.09. The minimum absolute atomic E-state index is 0.0154. The highest BCUT2D eigenvalue weighted by atomic mass is 32.2. The number of rotatable bonds is 6. The summed E-state index contributed by atoms with van der Waals surface area (Å²) < 4.78 is 58.8. The smallest absolute Gasteiger partial charge is 0.385 e. The highest BCUT2D eigenvalue weighted by Gasteiger charge is 2.25. The molecule has 0 saturated carbocycles. The Morgan fingerprint density at radius 3 is 2.21 bits per heavy atom. The lowest BCUT2D eigenvalue weighted by atomic mass is 10.3. The molecule has 1 N–H and O–H groups in total. The van der Waals surface area contributed by atoms with Crippen LogP contribution in [0, 0.1) is 0 Å². The van der Waals surface area contributed by atoms with Crippen molar-refractivity contribution in [2.24, 2.45) is 0 Å². The molecule has 0 bridgehead atoms. The molecule has 0 heterocycles. The maximum atomic E-state index is 11.9. The van der Waals surface area contributed by atoms with Crippen LogP contribution in [0.2, 0.25) is 0 Å². The number of hydrogen-bond donors (Lipinski definition) is 1. The van der Waals surface area contributed by atoms with Gasteiger partial charge >= 0.3 is 6.18 Å². The van der Waals surface area contributed by atoms with Crippen LogP contribution < -0.4 is 5.32 Å². The Kier molecular flexibility index (Phi) is 5.22. The van der Waals surface area contributed by atoms with Crippen LogP contribution in [0.4, 0.5) is 18.9 Å². The van der Waals surface area contributed by atoms with Crippen LogP contribution >= 0.6 is 0 Å². The Morgan fingerprint density at radius 1 is 1.16 bits per heavy atom. The Morgan fingerprint density at radius 2 is 1.74 bits per heavy atom. The van der Waals surface area contributed by atoms with Gasteiger partial charge in [-0.05, 0) is 30.7 Å². The summed E-state index contributed by atoms with van der Waals surface area (Å²) >= 11 is 0. The van der Waals surface area contributed by atoms with Gasteiger partial charge in [0.1, 0.15) is 0 Å². The van der Waals surface area contributed by atoms with E-state index in [2.05, 4.69) is 5.32 Å². The van der Waals surface area contributed by atoms with Gasteiger partial charge in [-0.25, -0.2) is 8.42 Å². The number of sulfone groups is 1. The van der Waals surface area contributed by atoms with Crippen LogP contribution in [0.25, 0.3) is 0 Å². The van der Waals surface area contributed by atoms with Gasteiger partial charge in [0.2, 0.25) is 0 Å². The third kappa shape index (κ3) is 5.50. The van der Waals surface area contributed by atoms with Crippen molar-refractivity contribution in [3.05, 3.63) is 24.3 Å². The summed E-state index contributed by atoms with van der Waals surface area (Å²) in [6.45, 7) is 1.75. The SMILES string of the molecule is CCS(=O)(=O)c1ccc(NCCCC(F)(F)F)cc1. The summed E-state index contributed by atoms with van der Waals surface area (Å²) in [5, 5.41) is 2.82. The van der Waals surface area contributed by atoms with E-state index in [9.17, 15) is 21.6 Å². The number of nitrogens with one attached hydrogen (secondary N) is 1. The highest BCUT2D eigenvalue weighted by Crippen LogP contribution is 2.21. The van der Waals surface area contributed by atoms with Crippen molar-refractivity contribution in [3.8, 4) is 0 Å². The van der Waals surface area contributed by atoms with Gasteiger partial charge in [0.15, 0.2) is 9.84 Å². The normalized spacial score (nSPS) is 12.4. The molecular formula is C12H16F3NO2S. The van der Waals surface area contributed by atoms with E-state index < -0.39 is 22.4 Å². The fourth-order valence-corrected chi connectivity index (χ4v) is 2.35. The van der Waals surface area contributed by atoms with E-state index in [1.54, 1.807) is 19.1 Å². The van der Waals surface area contributed by atoms with Crippen LogP contribution in [0.1, 0.15) is 19.8 Å². The van der Waals surface area contributed by atoms with Gasteiger partial charge in [0.25, 0.3) is 0 Å². The van der Waals surface area contributed by atoms with E-state index in [4.69, 9.17) is 0 Å². The molecule has 0 atom stereocenters. The number of halogens is 3. The molecule has 0 radical (unpaired) electrons. The molecule has 0 fully saturated rings. The number of anilines is 1. The molecule has 19 heavy (non-hydrogen) atoms. The first kappa shape index (κ1) is 15.8. The van der Waals surface area contributed by atoms with E-state index >= 15 is 0 Å². The average molecular weight is 295 g/mol. The van der Waals surface area contributed by atoms with Crippen molar-refractivity contribution in [2.45, 2.75) is 30.8 Å². The monoisotopic (exact) mass is 295 g/mol. The van der Waals surface area contributed by atoms with Crippen LogP contribution in [0.3, 0.4) is 0 Å². The first-order chi connectivity index (χ1) is 8.74. The van der Waals surface area contributed by atoms with Gasteiger partial charge in [-0.3, -0.25) is 0 Å². The summed E-state index contributed by atoms with van der Waals surface area (Å²) in [6, 6.07) is 6.00. The van der Waals surface area contributed by atoms with Gasteiger partial charge < -0.3 is 5.32 Å². The Hall–Kier alpha value is -1.24. The molecule has 0 aliphatic rings. The predicted octanol–water partition coefficient (Wildman–Crippen LogP) is 3.23. The standard InChI is InChI=1S/C12H16F3NO2S/c1-2-19(17,18)11-6-4-10(5-7-11)16-9-3-8-12(13,14)15/h4-7,16H,2-3,8-9H2,1H3. The van der Waals surface area contributed by atoms with Gasteiger partial charge in [-0.2, -0.15) is 13.2 Å². The van der Waals surface area contributed by atoms with Crippen molar-refractivity contribution in [3.63, 3.8) is 0 Å². The lowest BCUT2D eigenvalue weighted by molar-refractivity contribution is -0.134. The van der Waals surface area contributed by atoms with Crippen molar-refractivity contribution < 1.29 is 21.6 Å². The zero-order valence-corrected chi connectivity index (χ0v) is 11.3. The number of benzene rings is 1. The first-order valence-corrected chi connectivity index (χ1v) is 7.53. The third-order valence-electron chi connectivity index (χ3n) is 2.56. The van der Waals surface area contributed by atoms with E-state index in [1.165, 1.54) is 12.1 Å². The van der Waals surface area contributed by atoms with Crippen molar-refractivity contribution >= 4 is 15.5 Å². The molecule has 0 saturated heterocycles. The van der Waals surface area contributed by atoms with Crippen molar-refractivity contribution in [1.29, 1.82) is 0 Å². The summed E-state index contributed by atoms with van der Waals surface area (Å²) in [4.78, 5) is 0.218. The van der Waals surface area contributed by atoms with E-state index in [1.807, 2.05) is 0 Å². The fraction of sp³-hybridized carbons (Fsp3) is 0.500. The molecule has 0 aliphatic heterocycles. The molecule has 1 rings (SSSR count). The van der Waals surface area contributed by atoms with E-state index in [0.29, 0.717) is 5.69 Å². The molecule has 0 aromatic heterocycles. The summed E-state index contributed by atoms with van der Waals surface area (Å²) in [7, 11) is -3.24.